The number of para-hydroxylation sites is 1. The molecule has 0 saturated carbocycles. The van der Waals surface area contributed by atoms with Crippen LogP contribution in [-0.4, -0.2) is 9.97 Å². The smallest absolute Gasteiger partial charge is 0.134 e. The molecule has 1 radical (unpaired) electrons. The molecule has 0 aliphatic carbocycles. The molecular formula is C42H24IrN2O2-2. The molecule has 0 fully saturated rings. The summed E-state index contributed by atoms with van der Waals surface area (Å²) in [6.45, 7) is 0. The fourth-order valence-electron chi connectivity index (χ4n) is 6.45. The number of furan rings is 2. The van der Waals surface area contributed by atoms with Crippen LogP contribution in [0.15, 0.2) is 155 Å². The summed E-state index contributed by atoms with van der Waals surface area (Å²) in [6.07, 6.45) is 3.62. The molecular weight excluding hydrogens is 757 g/mol. The molecule has 47 heavy (non-hydrogen) atoms. The molecule has 10 rings (SSSR count). The minimum Gasteiger partial charge on any atom is -0.500 e. The van der Waals surface area contributed by atoms with Gasteiger partial charge in [-0.1, -0.05) is 89.8 Å². The van der Waals surface area contributed by atoms with Crippen LogP contribution in [0.5, 0.6) is 0 Å². The maximum absolute atomic E-state index is 6.67. The summed E-state index contributed by atoms with van der Waals surface area (Å²) in [5.74, 6) is 0. The Morgan fingerprint density at radius 3 is 1.94 bits per heavy atom. The Balaban J connectivity index is 0.000000212. The monoisotopic (exact) mass is 781 g/mol. The third-order valence-electron chi connectivity index (χ3n) is 8.49. The first-order chi connectivity index (χ1) is 22.8. The molecule has 0 amide bonds. The summed E-state index contributed by atoms with van der Waals surface area (Å²) in [5, 5.41) is 8.99. The summed E-state index contributed by atoms with van der Waals surface area (Å²) < 4.78 is 12.9. The Hall–Kier alpha value is -5.61. The molecule has 0 spiro atoms. The van der Waals surface area contributed by atoms with E-state index in [1.807, 2.05) is 79.0 Å². The average molecular weight is 781 g/mol. The minimum absolute atomic E-state index is 0. The van der Waals surface area contributed by atoms with Crippen LogP contribution in [0, 0.1) is 12.1 Å². The van der Waals surface area contributed by atoms with Crippen molar-refractivity contribution in [2.45, 2.75) is 0 Å². The minimum atomic E-state index is 0. The zero-order valence-corrected chi connectivity index (χ0v) is 27.3. The van der Waals surface area contributed by atoms with Crippen molar-refractivity contribution in [3.05, 3.63) is 158 Å². The van der Waals surface area contributed by atoms with E-state index >= 15 is 0 Å². The molecule has 0 atom stereocenters. The van der Waals surface area contributed by atoms with Gasteiger partial charge in [0.1, 0.15) is 16.7 Å². The Morgan fingerprint density at radius 1 is 0.447 bits per heavy atom. The fraction of sp³-hybridized carbons (Fsp3) is 0. The van der Waals surface area contributed by atoms with Gasteiger partial charge in [-0.2, -0.15) is 0 Å². The first kappa shape index (κ1) is 28.8. The summed E-state index contributed by atoms with van der Waals surface area (Å²) in [6, 6.07) is 51.3. The standard InChI is InChI=1S/C31H16NO2.C11H8N.Ir/c1-3-11-21-18(8-1)19-9-2-4-12-22(19)30-27(21)24-13-7-14-25(29(24)34-30)28-31-23(16-17-32-28)20-10-5-6-15-26(20)33-31;1-2-6-10(7-3-1)11-8-4-5-9-12-11;/h1-13,15-17H;1-6,8-9H;/q2*-1;. The van der Waals surface area contributed by atoms with E-state index in [2.05, 4.69) is 77.8 Å². The number of nitrogens with zero attached hydrogens (tertiary/aromatic N) is 2. The van der Waals surface area contributed by atoms with Crippen LogP contribution in [0.2, 0.25) is 0 Å². The zero-order chi connectivity index (χ0) is 30.5. The van der Waals surface area contributed by atoms with E-state index in [0.29, 0.717) is 0 Å². The van der Waals surface area contributed by atoms with Gasteiger partial charge in [0.2, 0.25) is 0 Å². The molecule has 4 nitrogen and oxygen atoms in total. The van der Waals surface area contributed by atoms with Crippen LogP contribution < -0.4 is 0 Å². The largest absolute Gasteiger partial charge is 0.500 e. The second-order valence-electron chi connectivity index (χ2n) is 11.1. The number of pyridine rings is 2. The van der Waals surface area contributed by atoms with Crippen LogP contribution in [0.1, 0.15) is 0 Å². The van der Waals surface area contributed by atoms with E-state index in [4.69, 9.17) is 13.8 Å². The van der Waals surface area contributed by atoms with Crippen molar-refractivity contribution >= 4 is 65.4 Å². The van der Waals surface area contributed by atoms with Crippen molar-refractivity contribution in [2.24, 2.45) is 0 Å². The molecule has 4 aromatic heterocycles. The molecule has 10 aromatic rings. The van der Waals surface area contributed by atoms with Gasteiger partial charge >= 0.3 is 0 Å². The second-order valence-corrected chi connectivity index (χ2v) is 11.1. The maximum atomic E-state index is 6.67. The molecule has 4 heterocycles. The predicted octanol–water partition coefficient (Wildman–Crippen LogP) is 11.2. The number of aromatic nitrogens is 2. The van der Waals surface area contributed by atoms with Crippen LogP contribution in [-0.2, 0) is 20.1 Å². The van der Waals surface area contributed by atoms with E-state index in [-0.39, 0.29) is 20.1 Å². The molecule has 225 valence electrons. The Kier molecular flexibility index (Phi) is 7.34. The van der Waals surface area contributed by atoms with E-state index in [1.54, 1.807) is 6.20 Å². The summed E-state index contributed by atoms with van der Waals surface area (Å²) in [5.41, 5.74) is 6.83. The van der Waals surface area contributed by atoms with Crippen LogP contribution >= 0.6 is 0 Å². The fourth-order valence-corrected chi connectivity index (χ4v) is 6.45. The number of fused-ring (bicyclic) bond motifs is 11. The zero-order valence-electron chi connectivity index (χ0n) is 24.9. The number of rotatable bonds is 2. The maximum Gasteiger partial charge on any atom is 0.134 e. The molecule has 0 aliphatic heterocycles. The predicted molar refractivity (Wildman–Crippen MR) is 187 cm³/mol. The molecule has 0 saturated heterocycles. The summed E-state index contributed by atoms with van der Waals surface area (Å²) in [4.78, 5) is 8.95. The van der Waals surface area contributed by atoms with E-state index in [1.165, 1.54) is 16.2 Å². The molecule has 6 aromatic carbocycles. The van der Waals surface area contributed by atoms with Gasteiger partial charge in [-0.15, -0.1) is 54.1 Å². The second kappa shape index (κ2) is 12.0. The van der Waals surface area contributed by atoms with Gasteiger partial charge in [-0.25, -0.2) is 0 Å². The molecule has 0 aliphatic rings. The molecule has 0 N–H and O–H groups in total. The van der Waals surface area contributed by atoms with E-state index < -0.39 is 0 Å². The van der Waals surface area contributed by atoms with Crippen molar-refractivity contribution < 1.29 is 28.9 Å². The van der Waals surface area contributed by atoms with Gasteiger partial charge in [0, 0.05) is 59.7 Å². The average Bonchev–Trinajstić information content (AvgIpc) is 3.72. The SMILES string of the molecule is [Ir].[c-]1ccc2c(oc3c4ccccc4c4ccccc4c23)c1-c1nccc2c1oc1ccccc12.[c-]1ccccc1-c1ccccn1. The molecule has 0 bridgehead atoms. The first-order valence-corrected chi connectivity index (χ1v) is 15.2. The van der Waals surface area contributed by atoms with Gasteiger partial charge in [-0.3, -0.25) is 0 Å². The van der Waals surface area contributed by atoms with Gasteiger partial charge in [0.15, 0.2) is 0 Å². The topological polar surface area (TPSA) is 52.1 Å². The van der Waals surface area contributed by atoms with Crippen molar-refractivity contribution in [3.63, 3.8) is 0 Å². The van der Waals surface area contributed by atoms with Crippen molar-refractivity contribution in [2.75, 3.05) is 0 Å². The number of hydrogen-bond acceptors (Lipinski definition) is 4. The van der Waals surface area contributed by atoms with Gasteiger partial charge in [0.25, 0.3) is 0 Å². The van der Waals surface area contributed by atoms with Crippen LogP contribution in [0.4, 0.5) is 0 Å². The third kappa shape index (κ3) is 4.80. The van der Waals surface area contributed by atoms with Crippen molar-refractivity contribution in [1.82, 2.24) is 9.97 Å². The van der Waals surface area contributed by atoms with E-state index in [9.17, 15) is 0 Å². The quantitative estimate of drug-likeness (QED) is 0.129. The van der Waals surface area contributed by atoms with Crippen molar-refractivity contribution in [1.29, 1.82) is 0 Å². The summed E-state index contributed by atoms with van der Waals surface area (Å²) in [7, 11) is 0. The van der Waals surface area contributed by atoms with Crippen LogP contribution in [0.25, 0.3) is 87.9 Å². The number of benzene rings is 6. The van der Waals surface area contributed by atoms with Crippen LogP contribution in [0.3, 0.4) is 0 Å². The first-order valence-electron chi connectivity index (χ1n) is 15.2. The Morgan fingerprint density at radius 2 is 1.15 bits per heavy atom. The molecule has 5 heteroatoms. The normalized spacial score (nSPS) is 11.2. The third-order valence-corrected chi connectivity index (χ3v) is 8.49. The summed E-state index contributed by atoms with van der Waals surface area (Å²) >= 11 is 0. The van der Waals surface area contributed by atoms with Gasteiger partial charge in [-0.05, 0) is 40.1 Å². The molecule has 0 unspecified atom stereocenters. The Labute approximate surface area is 283 Å². The van der Waals surface area contributed by atoms with Gasteiger partial charge in [0.05, 0.1) is 5.58 Å². The Bertz CT molecular complexity index is 2660. The van der Waals surface area contributed by atoms with Crippen molar-refractivity contribution in [3.8, 4) is 22.5 Å². The van der Waals surface area contributed by atoms with Gasteiger partial charge < -0.3 is 18.8 Å². The number of hydrogen-bond donors (Lipinski definition) is 0. The van der Waals surface area contributed by atoms with E-state index in [0.717, 1.165) is 71.8 Å².